The molecule has 1 fully saturated rings. The van der Waals surface area contributed by atoms with Gasteiger partial charge in [0, 0.05) is 13.1 Å². The van der Waals surface area contributed by atoms with Gasteiger partial charge in [0.15, 0.2) is 0 Å². The largest absolute Gasteiger partial charge is 0.407 e. The number of piperidine rings is 1. The van der Waals surface area contributed by atoms with E-state index in [1.54, 1.807) is 0 Å². The third-order valence-corrected chi connectivity index (χ3v) is 3.19. The first-order valence-corrected chi connectivity index (χ1v) is 5.77. The first-order chi connectivity index (χ1) is 7.11. The van der Waals surface area contributed by atoms with E-state index in [4.69, 9.17) is 16.0 Å². The highest BCUT2D eigenvalue weighted by molar-refractivity contribution is 6.16. The molecule has 0 atom stereocenters. The lowest BCUT2D eigenvalue weighted by Crippen LogP contribution is -2.37. The van der Waals surface area contributed by atoms with Crippen LogP contribution in [0.2, 0.25) is 0 Å². The Morgan fingerprint density at radius 1 is 1.33 bits per heavy atom. The van der Waals surface area contributed by atoms with Crippen LogP contribution in [0, 0.1) is 5.41 Å². The van der Waals surface area contributed by atoms with Gasteiger partial charge in [-0.3, -0.25) is 0 Å². The zero-order valence-electron chi connectivity index (χ0n) is 9.16. The van der Waals surface area contributed by atoms with Crippen LogP contribution in [-0.4, -0.2) is 23.3 Å². The molecular formula is C10H16ClN3O. The van der Waals surface area contributed by atoms with Crippen LogP contribution in [0.5, 0.6) is 0 Å². The molecule has 0 saturated carbocycles. The van der Waals surface area contributed by atoms with Gasteiger partial charge in [-0.15, -0.1) is 16.7 Å². The van der Waals surface area contributed by atoms with E-state index in [0.717, 1.165) is 25.9 Å². The minimum absolute atomic E-state index is 0.284. The summed E-state index contributed by atoms with van der Waals surface area (Å²) in [4.78, 5) is 2.13. The van der Waals surface area contributed by atoms with E-state index >= 15 is 0 Å². The topological polar surface area (TPSA) is 42.2 Å². The zero-order chi connectivity index (χ0) is 10.9. The SMILES string of the molecule is CC1(C)CCN(c2nnc(CCl)o2)CC1. The fourth-order valence-corrected chi connectivity index (χ4v) is 1.84. The van der Waals surface area contributed by atoms with Crippen LogP contribution < -0.4 is 4.90 Å². The number of rotatable bonds is 2. The lowest BCUT2D eigenvalue weighted by molar-refractivity contribution is 0.272. The van der Waals surface area contributed by atoms with Crippen molar-refractivity contribution in [2.75, 3.05) is 18.0 Å². The van der Waals surface area contributed by atoms with Crippen molar-refractivity contribution in [3.05, 3.63) is 5.89 Å². The van der Waals surface area contributed by atoms with Crippen LogP contribution in [0.25, 0.3) is 0 Å². The maximum absolute atomic E-state index is 5.61. The molecule has 1 aromatic heterocycles. The van der Waals surface area contributed by atoms with Gasteiger partial charge in [0.1, 0.15) is 5.88 Å². The Balaban J connectivity index is 2.01. The van der Waals surface area contributed by atoms with Crippen LogP contribution in [0.4, 0.5) is 6.01 Å². The summed E-state index contributed by atoms with van der Waals surface area (Å²) in [5.41, 5.74) is 0.436. The van der Waals surface area contributed by atoms with Gasteiger partial charge in [0.2, 0.25) is 5.89 Å². The molecule has 0 spiro atoms. The number of hydrogen-bond acceptors (Lipinski definition) is 4. The molecule has 0 N–H and O–H groups in total. The molecule has 1 saturated heterocycles. The Bertz CT molecular complexity index is 327. The van der Waals surface area contributed by atoms with Crippen molar-refractivity contribution in [1.82, 2.24) is 10.2 Å². The third-order valence-electron chi connectivity index (χ3n) is 2.96. The molecule has 0 unspecified atom stereocenters. The lowest BCUT2D eigenvalue weighted by atomic mass is 9.83. The number of aromatic nitrogens is 2. The van der Waals surface area contributed by atoms with Gasteiger partial charge in [-0.05, 0) is 18.3 Å². The summed E-state index contributed by atoms with van der Waals surface area (Å²) in [6.45, 7) is 6.55. The lowest BCUT2D eigenvalue weighted by Gasteiger charge is -2.35. The Hall–Kier alpha value is -0.770. The van der Waals surface area contributed by atoms with E-state index in [2.05, 4.69) is 28.9 Å². The zero-order valence-corrected chi connectivity index (χ0v) is 9.92. The molecule has 5 heteroatoms. The molecule has 1 aliphatic heterocycles. The molecule has 2 rings (SSSR count). The quantitative estimate of drug-likeness (QED) is 0.731. The van der Waals surface area contributed by atoms with Crippen LogP contribution in [0.15, 0.2) is 4.42 Å². The fraction of sp³-hybridized carbons (Fsp3) is 0.800. The summed E-state index contributed by atoms with van der Waals surface area (Å²) in [5.74, 6) is 0.781. The number of anilines is 1. The summed E-state index contributed by atoms with van der Waals surface area (Å²) < 4.78 is 5.41. The molecule has 2 heterocycles. The Labute approximate surface area is 94.6 Å². The number of nitrogens with zero attached hydrogens (tertiary/aromatic N) is 3. The Morgan fingerprint density at radius 3 is 2.53 bits per heavy atom. The van der Waals surface area contributed by atoms with Gasteiger partial charge in [-0.25, -0.2) is 0 Å². The monoisotopic (exact) mass is 229 g/mol. The molecule has 84 valence electrons. The van der Waals surface area contributed by atoms with Crippen molar-refractivity contribution in [3.8, 4) is 0 Å². The maximum Gasteiger partial charge on any atom is 0.318 e. The number of hydrogen-bond donors (Lipinski definition) is 0. The summed E-state index contributed by atoms with van der Waals surface area (Å²) in [5, 5.41) is 7.84. The maximum atomic E-state index is 5.61. The minimum atomic E-state index is 0.284. The van der Waals surface area contributed by atoms with E-state index in [1.807, 2.05) is 0 Å². The number of halogens is 1. The Morgan fingerprint density at radius 2 is 2.00 bits per heavy atom. The molecule has 15 heavy (non-hydrogen) atoms. The molecule has 1 aromatic rings. The molecular weight excluding hydrogens is 214 g/mol. The Kier molecular flexibility index (Phi) is 2.87. The van der Waals surface area contributed by atoms with Gasteiger partial charge >= 0.3 is 6.01 Å². The second kappa shape index (κ2) is 4.00. The van der Waals surface area contributed by atoms with E-state index in [-0.39, 0.29) is 5.88 Å². The second-order valence-corrected chi connectivity index (χ2v) is 5.03. The van der Waals surface area contributed by atoms with Crippen LogP contribution >= 0.6 is 11.6 Å². The average Bonchev–Trinajstić information content (AvgIpc) is 2.66. The number of alkyl halides is 1. The first kappa shape index (κ1) is 10.7. The van der Waals surface area contributed by atoms with Crippen LogP contribution in [0.1, 0.15) is 32.6 Å². The van der Waals surface area contributed by atoms with E-state index in [9.17, 15) is 0 Å². The minimum Gasteiger partial charge on any atom is -0.407 e. The van der Waals surface area contributed by atoms with Crippen molar-refractivity contribution in [2.24, 2.45) is 5.41 Å². The van der Waals surface area contributed by atoms with E-state index in [0.29, 0.717) is 17.3 Å². The van der Waals surface area contributed by atoms with Gasteiger partial charge in [-0.1, -0.05) is 18.9 Å². The molecule has 0 radical (unpaired) electrons. The van der Waals surface area contributed by atoms with Crippen molar-refractivity contribution in [2.45, 2.75) is 32.6 Å². The molecule has 0 bridgehead atoms. The second-order valence-electron chi connectivity index (χ2n) is 4.76. The fourth-order valence-electron chi connectivity index (χ4n) is 1.73. The molecule has 4 nitrogen and oxygen atoms in total. The van der Waals surface area contributed by atoms with Gasteiger partial charge in [0.25, 0.3) is 0 Å². The smallest absolute Gasteiger partial charge is 0.318 e. The molecule has 0 aliphatic carbocycles. The van der Waals surface area contributed by atoms with Crippen LogP contribution in [-0.2, 0) is 5.88 Å². The normalized spacial score (nSPS) is 20.6. The van der Waals surface area contributed by atoms with Gasteiger partial charge in [-0.2, -0.15) is 0 Å². The van der Waals surface area contributed by atoms with Crippen LogP contribution in [0.3, 0.4) is 0 Å². The first-order valence-electron chi connectivity index (χ1n) is 5.24. The summed E-state index contributed by atoms with van der Waals surface area (Å²) >= 11 is 5.61. The van der Waals surface area contributed by atoms with Crippen molar-refractivity contribution >= 4 is 17.6 Å². The van der Waals surface area contributed by atoms with Crippen molar-refractivity contribution < 1.29 is 4.42 Å². The van der Waals surface area contributed by atoms with Crippen molar-refractivity contribution in [3.63, 3.8) is 0 Å². The summed E-state index contributed by atoms with van der Waals surface area (Å²) in [6, 6.07) is 0.612. The van der Waals surface area contributed by atoms with Gasteiger partial charge < -0.3 is 9.32 Å². The molecule has 1 aliphatic rings. The average molecular weight is 230 g/mol. The van der Waals surface area contributed by atoms with Gasteiger partial charge in [0.05, 0.1) is 0 Å². The highest BCUT2D eigenvalue weighted by Crippen LogP contribution is 2.31. The summed E-state index contributed by atoms with van der Waals surface area (Å²) in [7, 11) is 0. The third kappa shape index (κ3) is 2.43. The highest BCUT2D eigenvalue weighted by Gasteiger charge is 2.27. The molecule has 0 aromatic carbocycles. The van der Waals surface area contributed by atoms with E-state index in [1.165, 1.54) is 0 Å². The molecule has 0 amide bonds. The summed E-state index contributed by atoms with van der Waals surface area (Å²) in [6.07, 6.45) is 2.32. The highest BCUT2D eigenvalue weighted by atomic mass is 35.5. The van der Waals surface area contributed by atoms with E-state index < -0.39 is 0 Å². The predicted octanol–water partition coefficient (Wildman–Crippen LogP) is 2.43. The predicted molar refractivity (Wildman–Crippen MR) is 59.1 cm³/mol. The van der Waals surface area contributed by atoms with Crippen molar-refractivity contribution in [1.29, 1.82) is 0 Å². The standard InChI is InChI=1S/C10H16ClN3O/c1-10(2)3-5-14(6-4-10)9-13-12-8(7-11)15-9/h3-7H2,1-2H3.